The van der Waals surface area contributed by atoms with Crippen molar-refractivity contribution in [2.45, 2.75) is 97.6 Å². The Bertz CT molecular complexity index is 196. The van der Waals surface area contributed by atoms with Gasteiger partial charge in [0.2, 0.25) is 0 Å². The third kappa shape index (κ3) is 5.30. The van der Waals surface area contributed by atoms with Crippen LogP contribution in [0.25, 0.3) is 0 Å². The van der Waals surface area contributed by atoms with E-state index in [9.17, 15) is 0 Å². The van der Waals surface area contributed by atoms with Crippen LogP contribution in [-0.4, -0.2) is 12.1 Å². The first-order valence-electron chi connectivity index (χ1n) is 8.47. The maximum Gasteiger partial charge on any atom is 0.00952 e. The quantitative estimate of drug-likeness (QED) is 0.631. The van der Waals surface area contributed by atoms with Crippen molar-refractivity contribution >= 4 is 0 Å². The molecular formula is C17H35N. The van der Waals surface area contributed by atoms with Crippen molar-refractivity contribution in [3.8, 4) is 0 Å². The zero-order valence-electron chi connectivity index (χ0n) is 13.2. The summed E-state index contributed by atoms with van der Waals surface area (Å²) in [6.07, 6.45) is 12.6. The Kier molecular flexibility index (Phi) is 7.97. The van der Waals surface area contributed by atoms with Crippen molar-refractivity contribution in [1.82, 2.24) is 5.32 Å². The molecule has 0 heterocycles. The van der Waals surface area contributed by atoms with Crippen LogP contribution >= 0.6 is 0 Å². The minimum absolute atomic E-state index is 0.742. The summed E-state index contributed by atoms with van der Waals surface area (Å²) < 4.78 is 0. The predicted octanol–water partition coefficient (Wildman–Crippen LogP) is 5.15. The molecule has 1 nitrogen and oxygen atoms in total. The Balaban J connectivity index is 2.43. The summed E-state index contributed by atoms with van der Waals surface area (Å²) in [5, 5.41) is 3.99. The van der Waals surface area contributed by atoms with Gasteiger partial charge in [-0.05, 0) is 43.9 Å². The minimum Gasteiger partial charge on any atom is -0.311 e. The smallest absolute Gasteiger partial charge is 0.00952 e. The second kappa shape index (κ2) is 8.96. The fraction of sp³-hybridized carbons (Fsp3) is 1.00. The fourth-order valence-corrected chi connectivity index (χ4v) is 3.43. The van der Waals surface area contributed by atoms with Crippen molar-refractivity contribution in [3.05, 3.63) is 0 Å². The van der Waals surface area contributed by atoms with Gasteiger partial charge in [0.1, 0.15) is 0 Å². The van der Waals surface area contributed by atoms with Gasteiger partial charge in [-0.25, -0.2) is 0 Å². The first-order valence-corrected chi connectivity index (χ1v) is 8.47. The van der Waals surface area contributed by atoms with Crippen molar-refractivity contribution in [1.29, 1.82) is 0 Å². The van der Waals surface area contributed by atoms with Crippen molar-refractivity contribution in [2.75, 3.05) is 0 Å². The van der Waals surface area contributed by atoms with Crippen molar-refractivity contribution in [3.63, 3.8) is 0 Å². The normalized spacial score (nSPS) is 22.7. The zero-order valence-corrected chi connectivity index (χ0v) is 13.2. The highest BCUT2D eigenvalue weighted by Crippen LogP contribution is 2.28. The molecule has 18 heavy (non-hydrogen) atoms. The predicted molar refractivity (Wildman–Crippen MR) is 81.9 cm³/mol. The molecule has 1 aliphatic rings. The summed E-state index contributed by atoms with van der Waals surface area (Å²) in [6, 6.07) is 1.52. The van der Waals surface area contributed by atoms with Crippen LogP contribution in [0.3, 0.4) is 0 Å². The van der Waals surface area contributed by atoms with E-state index >= 15 is 0 Å². The maximum absolute atomic E-state index is 3.99. The van der Waals surface area contributed by atoms with E-state index in [0.29, 0.717) is 0 Å². The van der Waals surface area contributed by atoms with Crippen LogP contribution in [0, 0.1) is 11.8 Å². The van der Waals surface area contributed by atoms with Gasteiger partial charge in [-0.1, -0.05) is 53.4 Å². The first kappa shape index (κ1) is 16.0. The Hall–Kier alpha value is -0.0400. The van der Waals surface area contributed by atoms with Gasteiger partial charge in [-0.2, -0.15) is 0 Å². The molecule has 1 aliphatic carbocycles. The Morgan fingerprint density at radius 1 is 0.944 bits per heavy atom. The van der Waals surface area contributed by atoms with Crippen LogP contribution < -0.4 is 5.32 Å². The Labute approximate surface area is 115 Å². The highest BCUT2D eigenvalue weighted by Gasteiger charge is 2.24. The van der Waals surface area contributed by atoms with Gasteiger partial charge in [0.25, 0.3) is 0 Å². The van der Waals surface area contributed by atoms with E-state index in [1.807, 2.05) is 0 Å². The molecule has 1 heteroatoms. The standard InChI is InChI=1S/C17H35N/c1-5-14(4)13-16(6-2)18-17(7-3)15-11-9-8-10-12-15/h14-18H,5-13H2,1-4H3. The van der Waals surface area contributed by atoms with Crippen LogP contribution in [0.5, 0.6) is 0 Å². The molecule has 0 aromatic heterocycles. The molecule has 1 N–H and O–H groups in total. The topological polar surface area (TPSA) is 12.0 Å². The van der Waals surface area contributed by atoms with Gasteiger partial charge >= 0.3 is 0 Å². The summed E-state index contributed by atoms with van der Waals surface area (Å²) >= 11 is 0. The fourth-order valence-electron chi connectivity index (χ4n) is 3.43. The molecule has 0 saturated heterocycles. The van der Waals surface area contributed by atoms with Gasteiger partial charge in [0.15, 0.2) is 0 Å². The molecular weight excluding hydrogens is 218 g/mol. The van der Waals surface area contributed by atoms with Crippen molar-refractivity contribution < 1.29 is 0 Å². The lowest BCUT2D eigenvalue weighted by Gasteiger charge is -2.34. The van der Waals surface area contributed by atoms with E-state index in [0.717, 1.165) is 23.9 Å². The van der Waals surface area contributed by atoms with Crippen LogP contribution in [0.4, 0.5) is 0 Å². The molecule has 108 valence electrons. The van der Waals surface area contributed by atoms with Crippen LogP contribution in [0.1, 0.15) is 85.5 Å². The van der Waals surface area contributed by atoms with Crippen LogP contribution in [-0.2, 0) is 0 Å². The lowest BCUT2D eigenvalue weighted by molar-refractivity contribution is 0.231. The average Bonchev–Trinajstić information content (AvgIpc) is 2.43. The van der Waals surface area contributed by atoms with E-state index in [-0.39, 0.29) is 0 Å². The molecule has 0 bridgehead atoms. The molecule has 0 aliphatic heterocycles. The average molecular weight is 253 g/mol. The monoisotopic (exact) mass is 253 g/mol. The lowest BCUT2D eigenvalue weighted by atomic mass is 9.82. The summed E-state index contributed by atoms with van der Waals surface area (Å²) in [5.41, 5.74) is 0. The SMILES string of the molecule is CCC(C)CC(CC)NC(CC)C1CCCCC1. The van der Waals surface area contributed by atoms with E-state index in [4.69, 9.17) is 0 Å². The Morgan fingerprint density at radius 2 is 1.61 bits per heavy atom. The van der Waals surface area contributed by atoms with Crippen LogP contribution in [0.2, 0.25) is 0 Å². The number of rotatable bonds is 8. The molecule has 0 amide bonds. The molecule has 0 radical (unpaired) electrons. The molecule has 1 rings (SSSR count). The summed E-state index contributed by atoms with van der Waals surface area (Å²) in [4.78, 5) is 0. The molecule has 0 spiro atoms. The second-order valence-electron chi connectivity index (χ2n) is 6.43. The highest BCUT2D eigenvalue weighted by molar-refractivity contribution is 4.82. The first-order chi connectivity index (χ1) is 8.71. The van der Waals surface area contributed by atoms with Gasteiger partial charge in [-0.15, -0.1) is 0 Å². The number of hydrogen-bond donors (Lipinski definition) is 1. The number of hydrogen-bond acceptors (Lipinski definition) is 1. The third-order valence-corrected chi connectivity index (χ3v) is 4.99. The third-order valence-electron chi connectivity index (χ3n) is 4.99. The van der Waals surface area contributed by atoms with E-state index in [2.05, 4.69) is 33.0 Å². The van der Waals surface area contributed by atoms with Gasteiger partial charge in [-0.3, -0.25) is 0 Å². The van der Waals surface area contributed by atoms with E-state index in [1.165, 1.54) is 57.8 Å². The molecule has 1 saturated carbocycles. The second-order valence-corrected chi connectivity index (χ2v) is 6.43. The molecule has 0 aromatic rings. The van der Waals surface area contributed by atoms with E-state index in [1.54, 1.807) is 0 Å². The van der Waals surface area contributed by atoms with Gasteiger partial charge < -0.3 is 5.32 Å². The summed E-state index contributed by atoms with van der Waals surface area (Å²) in [6.45, 7) is 9.41. The van der Waals surface area contributed by atoms with Gasteiger partial charge in [0.05, 0.1) is 0 Å². The largest absolute Gasteiger partial charge is 0.311 e. The minimum atomic E-state index is 0.742. The van der Waals surface area contributed by atoms with Crippen molar-refractivity contribution in [2.24, 2.45) is 11.8 Å². The Morgan fingerprint density at radius 3 is 2.11 bits per heavy atom. The van der Waals surface area contributed by atoms with Crippen LogP contribution in [0.15, 0.2) is 0 Å². The van der Waals surface area contributed by atoms with Gasteiger partial charge in [0, 0.05) is 12.1 Å². The maximum atomic E-state index is 3.99. The molecule has 1 fully saturated rings. The van der Waals surface area contributed by atoms with E-state index < -0.39 is 0 Å². The molecule has 3 unspecified atom stereocenters. The summed E-state index contributed by atoms with van der Waals surface area (Å²) in [7, 11) is 0. The molecule has 0 aromatic carbocycles. The zero-order chi connectivity index (χ0) is 13.4. The highest BCUT2D eigenvalue weighted by atomic mass is 15.0. The number of nitrogens with one attached hydrogen (secondary N) is 1. The lowest BCUT2D eigenvalue weighted by Crippen LogP contribution is -2.43. The molecule has 3 atom stereocenters. The summed E-state index contributed by atoms with van der Waals surface area (Å²) in [5.74, 6) is 1.82.